The zero-order chi connectivity index (χ0) is 26.6. The van der Waals surface area contributed by atoms with E-state index in [0.29, 0.717) is 12.4 Å². The number of hydrogen-bond acceptors (Lipinski definition) is 2. The van der Waals surface area contributed by atoms with E-state index in [1.165, 1.54) is 10.8 Å². The number of fused-ring (bicyclic) bond motifs is 8. The molecular weight excluding hydrogens is 490 g/mol. The maximum absolute atomic E-state index is 6.84. The van der Waals surface area contributed by atoms with Gasteiger partial charge in [-0.1, -0.05) is 103 Å². The SMILES string of the molecule is NC(=NCc1ccccc1)c1cc2ccccc2c2c1oc1c(-n3c4ccccc4c4ccccc43)cccc12. The summed E-state index contributed by atoms with van der Waals surface area (Å²) in [5, 5.41) is 6.79. The molecule has 190 valence electrons. The molecule has 4 heteroatoms. The number of aliphatic imine (C=N–C) groups is 1. The summed E-state index contributed by atoms with van der Waals surface area (Å²) in [4.78, 5) is 4.78. The van der Waals surface area contributed by atoms with E-state index in [1.54, 1.807) is 0 Å². The first kappa shape index (κ1) is 22.6. The van der Waals surface area contributed by atoms with Crippen LogP contribution < -0.4 is 5.73 Å². The van der Waals surface area contributed by atoms with Crippen molar-refractivity contribution in [3.63, 3.8) is 0 Å². The molecule has 0 radical (unpaired) electrons. The van der Waals surface area contributed by atoms with Gasteiger partial charge in [0.05, 0.1) is 28.8 Å². The third kappa shape index (κ3) is 3.36. The number of rotatable bonds is 4. The maximum Gasteiger partial charge on any atom is 0.159 e. The number of nitrogens with zero attached hydrogens (tertiary/aromatic N) is 2. The summed E-state index contributed by atoms with van der Waals surface area (Å²) in [5.41, 5.74) is 13.5. The van der Waals surface area contributed by atoms with Crippen molar-refractivity contribution in [2.24, 2.45) is 10.7 Å². The van der Waals surface area contributed by atoms with Crippen LogP contribution in [0.1, 0.15) is 11.1 Å². The van der Waals surface area contributed by atoms with Crippen molar-refractivity contribution >= 4 is 60.4 Å². The van der Waals surface area contributed by atoms with Gasteiger partial charge in [-0.25, -0.2) is 0 Å². The predicted molar refractivity (Wildman–Crippen MR) is 166 cm³/mol. The number of para-hydroxylation sites is 3. The van der Waals surface area contributed by atoms with E-state index in [4.69, 9.17) is 15.1 Å². The minimum absolute atomic E-state index is 0.470. The van der Waals surface area contributed by atoms with Gasteiger partial charge in [-0.2, -0.15) is 0 Å². The van der Waals surface area contributed by atoms with Crippen LogP contribution in [-0.2, 0) is 6.54 Å². The van der Waals surface area contributed by atoms with Gasteiger partial charge in [0.25, 0.3) is 0 Å². The largest absolute Gasteiger partial charge is 0.453 e. The topological polar surface area (TPSA) is 56.4 Å². The van der Waals surface area contributed by atoms with Crippen molar-refractivity contribution < 1.29 is 4.42 Å². The van der Waals surface area contributed by atoms with Crippen molar-refractivity contribution in [1.82, 2.24) is 4.57 Å². The zero-order valence-corrected chi connectivity index (χ0v) is 21.7. The highest BCUT2D eigenvalue weighted by Crippen LogP contribution is 2.41. The molecule has 0 saturated heterocycles. The number of nitrogens with two attached hydrogens (primary N) is 1. The summed E-state index contributed by atoms with van der Waals surface area (Å²) < 4.78 is 9.15. The fourth-order valence-electron chi connectivity index (χ4n) is 6.03. The molecule has 4 nitrogen and oxygen atoms in total. The van der Waals surface area contributed by atoms with Crippen LogP contribution in [0.25, 0.3) is 60.2 Å². The van der Waals surface area contributed by atoms with Crippen LogP contribution in [0, 0.1) is 0 Å². The van der Waals surface area contributed by atoms with E-state index in [-0.39, 0.29) is 0 Å². The Kier molecular flexibility index (Phi) is 5.01. The molecule has 2 heterocycles. The molecule has 6 aromatic carbocycles. The maximum atomic E-state index is 6.84. The Bertz CT molecular complexity index is 2200. The van der Waals surface area contributed by atoms with E-state index in [0.717, 1.165) is 60.6 Å². The first-order valence-corrected chi connectivity index (χ1v) is 13.5. The van der Waals surface area contributed by atoms with E-state index >= 15 is 0 Å². The first-order valence-electron chi connectivity index (χ1n) is 13.5. The zero-order valence-electron chi connectivity index (χ0n) is 21.7. The number of aromatic nitrogens is 1. The molecule has 0 saturated carbocycles. The molecule has 2 aromatic heterocycles. The Hall–Kier alpha value is -5.35. The van der Waals surface area contributed by atoms with Gasteiger partial charge in [0, 0.05) is 21.5 Å². The van der Waals surface area contributed by atoms with Crippen molar-refractivity contribution in [3.8, 4) is 5.69 Å². The summed E-state index contributed by atoms with van der Waals surface area (Å²) in [7, 11) is 0. The van der Waals surface area contributed by atoms with Gasteiger partial charge in [-0.15, -0.1) is 0 Å². The molecule has 0 aliphatic heterocycles. The predicted octanol–water partition coefficient (Wildman–Crippen LogP) is 8.74. The Morgan fingerprint density at radius 2 is 1.25 bits per heavy atom. The highest BCUT2D eigenvalue weighted by Gasteiger charge is 2.21. The third-order valence-corrected chi connectivity index (χ3v) is 7.84. The van der Waals surface area contributed by atoms with E-state index in [9.17, 15) is 0 Å². The average molecular weight is 516 g/mol. The van der Waals surface area contributed by atoms with Gasteiger partial charge in [0.2, 0.25) is 0 Å². The number of amidine groups is 1. The van der Waals surface area contributed by atoms with Crippen LogP contribution >= 0.6 is 0 Å². The lowest BCUT2D eigenvalue weighted by Gasteiger charge is -2.08. The highest BCUT2D eigenvalue weighted by molar-refractivity contribution is 6.25. The van der Waals surface area contributed by atoms with Crippen LogP contribution in [0.5, 0.6) is 0 Å². The van der Waals surface area contributed by atoms with Crippen LogP contribution in [0.4, 0.5) is 0 Å². The second-order valence-corrected chi connectivity index (χ2v) is 10.2. The van der Waals surface area contributed by atoms with Crippen LogP contribution in [0.3, 0.4) is 0 Å². The summed E-state index contributed by atoms with van der Waals surface area (Å²) >= 11 is 0. The lowest BCUT2D eigenvalue weighted by atomic mass is 9.99. The minimum atomic E-state index is 0.470. The number of benzene rings is 6. The van der Waals surface area contributed by atoms with Crippen molar-refractivity contribution in [2.45, 2.75) is 6.54 Å². The molecule has 0 spiro atoms. The molecule has 0 unspecified atom stereocenters. The van der Waals surface area contributed by atoms with Crippen LogP contribution in [0.15, 0.2) is 137 Å². The van der Waals surface area contributed by atoms with Crippen molar-refractivity contribution in [1.29, 1.82) is 0 Å². The van der Waals surface area contributed by atoms with Gasteiger partial charge in [-0.3, -0.25) is 4.99 Å². The van der Waals surface area contributed by atoms with Gasteiger partial charge in [0.1, 0.15) is 11.4 Å². The molecule has 0 fully saturated rings. The van der Waals surface area contributed by atoms with Crippen LogP contribution in [0.2, 0.25) is 0 Å². The molecule has 8 rings (SSSR count). The normalized spacial score (nSPS) is 12.3. The Morgan fingerprint density at radius 3 is 2.00 bits per heavy atom. The monoisotopic (exact) mass is 515 g/mol. The molecule has 0 amide bonds. The van der Waals surface area contributed by atoms with Crippen LogP contribution in [-0.4, -0.2) is 10.4 Å². The molecule has 0 aliphatic rings. The van der Waals surface area contributed by atoms with Crippen molar-refractivity contribution in [2.75, 3.05) is 0 Å². The van der Waals surface area contributed by atoms with Gasteiger partial charge >= 0.3 is 0 Å². The van der Waals surface area contributed by atoms with E-state index in [1.807, 2.05) is 18.2 Å². The third-order valence-electron chi connectivity index (χ3n) is 7.84. The standard InChI is InChI=1S/C36H25N3O/c37-36(38-22-23-11-2-1-3-12-23)29-21-24-13-4-5-14-25(24)33-28-17-10-20-32(34(28)40-35(29)33)39-30-18-8-6-15-26(30)27-16-7-9-19-31(27)39/h1-21H,22H2,(H2,37,38). The Balaban J connectivity index is 1.44. The second-order valence-electron chi connectivity index (χ2n) is 10.2. The van der Waals surface area contributed by atoms with Gasteiger partial charge in [-0.05, 0) is 40.6 Å². The average Bonchev–Trinajstić information content (AvgIpc) is 3.57. The van der Waals surface area contributed by atoms with E-state index in [2.05, 4.69) is 114 Å². The minimum Gasteiger partial charge on any atom is -0.453 e. The second kappa shape index (κ2) is 8.85. The smallest absolute Gasteiger partial charge is 0.159 e. The molecule has 0 bridgehead atoms. The number of furan rings is 1. The quantitative estimate of drug-likeness (QED) is 0.188. The number of hydrogen-bond donors (Lipinski definition) is 1. The van der Waals surface area contributed by atoms with Gasteiger partial charge < -0.3 is 14.7 Å². The molecule has 8 aromatic rings. The lowest BCUT2D eigenvalue weighted by Crippen LogP contribution is -2.14. The van der Waals surface area contributed by atoms with Crippen molar-refractivity contribution in [3.05, 3.63) is 139 Å². The summed E-state index contributed by atoms with van der Waals surface area (Å²) in [6.07, 6.45) is 0. The fraction of sp³-hybridized carbons (Fsp3) is 0.0278. The molecular formula is C36H25N3O. The van der Waals surface area contributed by atoms with E-state index < -0.39 is 0 Å². The summed E-state index contributed by atoms with van der Waals surface area (Å²) in [5.74, 6) is 0.470. The molecule has 2 N–H and O–H groups in total. The Labute approximate surface area is 230 Å². The highest BCUT2D eigenvalue weighted by atomic mass is 16.3. The molecule has 0 aliphatic carbocycles. The lowest BCUT2D eigenvalue weighted by molar-refractivity contribution is 0.665. The molecule has 0 atom stereocenters. The van der Waals surface area contributed by atoms with Gasteiger partial charge in [0.15, 0.2) is 5.58 Å². The Morgan fingerprint density at radius 1 is 0.625 bits per heavy atom. The fourth-order valence-corrected chi connectivity index (χ4v) is 6.03. The first-order chi connectivity index (χ1) is 19.8. The summed E-state index contributed by atoms with van der Waals surface area (Å²) in [6.45, 7) is 0.508. The molecule has 40 heavy (non-hydrogen) atoms. The summed E-state index contributed by atoms with van der Waals surface area (Å²) in [6, 6.07) is 44.2.